The molecule has 0 amide bonds. The Labute approximate surface area is 139 Å². The first-order valence-corrected chi connectivity index (χ1v) is 7.90. The van der Waals surface area contributed by atoms with Gasteiger partial charge < -0.3 is 10.1 Å². The van der Waals surface area contributed by atoms with Crippen LogP contribution in [0.3, 0.4) is 0 Å². The zero-order chi connectivity index (χ0) is 15.8. The summed E-state index contributed by atoms with van der Waals surface area (Å²) in [5.41, 5.74) is 2.83. The van der Waals surface area contributed by atoms with E-state index in [1.165, 1.54) is 6.08 Å². The van der Waals surface area contributed by atoms with E-state index in [9.17, 15) is 4.79 Å². The summed E-state index contributed by atoms with van der Waals surface area (Å²) in [5, 5.41) is 3.31. The van der Waals surface area contributed by atoms with E-state index in [0.717, 1.165) is 21.3 Å². The van der Waals surface area contributed by atoms with E-state index in [4.69, 9.17) is 4.74 Å². The van der Waals surface area contributed by atoms with Crippen LogP contribution in [0.25, 0.3) is 5.70 Å². The average molecular weight is 360 g/mol. The van der Waals surface area contributed by atoms with Gasteiger partial charge in [0.15, 0.2) is 0 Å². The van der Waals surface area contributed by atoms with Crippen LogP contribution in [-0.2, 0) is 16.1 Å². The topological polar surface area (TPSA) is 38.3 Å². The SMILES string of the molecule is CCOC(=O)/C=C(\NCc1ccccc1)c1ccc(Br)cc1. The molecule has 0 aliphatic carbocycles. The lowest BCUT2D eigenvalue weighted by Gasteiger charge is -2.12. The first kappa shape index (κ1) is 16.3. The molecule has 2 rings (SSSR count). The number of carbonyl (C=O) groups is 1. The van der Waals surface area contributed by atoms with Crippen molar-refractivity contribution >= 4 is 27.6 Å². The third-order valence-corrected chi connectivity index (χ3v) is 3.56. The minimum absolute atomic E-state index is 0.346. The zero-order valence-corrected chi connectivity index (χ0v) is 14.0. The lowest BCUT2D eigenvalue weighted by molar-refractivity contribution is -0.137. The van der Waals surface area contributed by atoms with Gasteiger partial charge in [0.1, 0.15) is 0 Å². The molecule has 0 aliphatic rings. The molecule has 0 bridgehead atoms. The monoisotopic (exact) mass is 359 g/mol. The number of halogens is 1. The number of hydrogen-bond acceptors (Lipinski definition) is 3. The average Bonchev–Trinajstić information content (AvgIpc) is 2.53. The third kappa shape index (κ3) is 5.04. The smallest absolute Gasteiger partial charge is 0.332 e. The lowest BCUT2D eigenvalue weighted by Crippen LogP contribution is -2.14. The Hall–Kier alpha value is -2.07. The van der Waals surface area contributed by atoms with Gasteiger partial charge in [0.2, 0.25) is 0 Å². The van der Waals surface area contributed by atoms with E-state index in [1.807, 2.05) is 54.6 Å². The molecule has 0 heterocycles. The van der Waals surface area contributed by atoms with Crippen molar-refractivity contribution in [2.24, 2.45) is 0 Å². The van der Waals surface area contributed by atoms with Crippen molar-refractivity contribution in [3.8, 4) is 0 Å². The molecule has 22 heavy (non-hydrogen) atoms. The molecule has 0 atom stereocenters. The molecular formula is C18H18BrNO2. The van der Waals surface area contributed by atoms with Gasteiger partial charge in [-0.2, -0.15) is 0 Å². The van der Waals surface area contributed by atoms with Gasteiger partial charge in [-0.15, -0.1) is 0 Å². The van der Waals surface area contributed by atoms with Gasteiger partial charge in [-0.1, -0.05) is 58.4 Å². The summed E-state index contributed by atoms with van der Waals surface area (Å²) in [6.45, 7) is 2.80. The Bertz CT molecular complexity index is 636. The van der Waals surface area contributed by atoms with E-state index in [-0.39, 0.29) is 5.97 Å². The van der Waals surface area contributed by atoms with Crippen LogP contribution >= 0.6 is 15.9 Å². The molecule has 0 saturated heterocycles. The Kier molecular flexibility index (Phi) is 6.22. The second-order valence-electron chi connectivity index (χ2n) is 4.66. The summed E-state index contributed by atoms with van der Waals surface area (Å²) in [5.74, 6) is -0.346. The molecule has 0 fully saturated rings. The molecule has 0 aliphatic heterocycles. The maximum Gasteiger partial charge on any atom is 0.332 e. The van der Waals surface area contributed by atoms with Crippen LogP contribution in [0.1, 0.15) is 18.1 Å². The minimum Gasteiger partial charge on any atom is -0.463 e. The molecule has 0 spiro atoms. The molecule has 0 aromatic heterocycles. The Morgan fingerprint density at radius 3 is 2.45 bits per heavy atom. The Morgan fingerprint density at radius 2 is 1.82 bits per heavy atom. The first-order chi connectivity index (χ1) is 10.7. The summed E-state index contributed by atoms with van der Waals surface area (Å²) in [4.78, 5) is 11.8. The highest BCUT2D eigenvalue weighted by Gasteiger charge is 2.06. The van der Waals surface area contributed by atoms with Gasteiger partial charge in [-0.05, 0) is 30.2 Å². The van der Waals surface area contributed by atoms with Crippen LogP contribution in [0, 0.1) is 0 Å². The van der Waals surface area contributed by atoms with Crippen LogP contribution in [0.5, 0.6) is 0 Å². The molecule has 1 N–H and O–H groups in total. The van der Waals surface area contributed by atoms with Crippen molar-refractivity contribution in [3.05, 3.63) is 76.3 Å². The van der Waals surface area contributed by atoms with Gasteiger partial charge in [0.25, 0.3) is 0 Å². The first-order valence-electron chi connectivity index (χ1n) is 7.11. The summed E-state index contributed by atoms with van der Waals surface area (Å²) in [7, 11) is 0. The summed E-state index contributed by atoms with van der Waals surface area (Å²) >= 11 is 3.41. The summed E-state index contributed by atoms with van der Waals surface area (Å²) in [6, 6.07) is 17.8. The van der Waals surface area contributed by atoms with Crippen LogP contribution in [0.2, 0.25) is 0 Å². The molecule has 3 nitrogen and oxygen atoms in total. The van der Waals surface area contributed by atoms with Crippen molar-refractivity contribution in [1.29, 1.82) is 0 Å². The highest BCUT2D eigenvalue weighted by Crippen LogP contribution is 2.17. The number of hydrogen-bond donors (Lipinski definition) is 1. The maximum atomic E-state index is 11.8. The molecular weight excluding hydrogens is 342 g/mol. The standard InChI is InChI=1S/C18H18BrNO2/c1-2-22-18(21)12-17(15-8-10-16(19)11-9-15)20-13-14-6-4-3-5-7-14/h3-12,20H,2,13H2,1H3/b17-12-. The highest BCUT2D eigenvalue weighted by molar-refractivity contribution is 9.10. The van der Waals surface area contributed by atoms with Crippen molar-refractivity contribution in [3.63, 3.8) is 0 Å². The van der Waals surface area contributed by atoms with E-state index in [1.54, 1.807) is 6.92 Å². The van der Waals surface area contributed by atoms with Crippen LogP contribution in [0.15, 0.2) is 65.1 Å². The molecule has 2 aromatic rings. The van der Waals surface area contributed by atoms with Crippen molar-refractivity contribution in [1.82, 2.24) is 5.32 Å². The fraction of sp³-hybridized carbons (Fsp3) is 0.167. The lowest BCUT2D eigenvalue weighted by atomic mass is 10.1. The van der Waals surface area contributed by atoms with Gasteiger partial charge in [0, 0.05) is 22.8 Å². The number of ether oxygens (including phenoxy) is 1. The van der Waals surface area contributed by atoms with E-state index >= 15 is 0 Å². The third-order valence-electron chi connectivity index (χ3n) is 3.03. The van der Waals surface area contributed by atoms with Gasteiger partial charge in [-0.25, -0.2) is 4.79 Å². The predicted octanol–water partition coefficient (Wildman–Crippen LogP) is 4.14. The van der Waals surface area contributed by atoms with Gasteiger partial charge in [-0.3, -0.25) is 0 Å². The minimum atomic E-state index is -0.346. The van der Waals surface area contributed by atoms with E-state index in [2.05, 4.69) is 21.2 Å². The highest BCUT2D eigenvalue weighted by atomic mass is 79.9. The maximum absolute atomic E-state index is 11.8. The normalized spacial score (nSPS) is 11.1. The van der Waals surface area contributed by atoms with Crippen molar-refractivity contribution in [2.45, 2.75) is 13.5 Å². The fourth-order valence-corrected chi connectivity index (χ4v) is 2.23. The predicted molar refractivity (Wildman–Crippen MR) is 92.0 cm³/mol. The number of esters is 1. The second-order valence-corrected chi connectivity index (χ2v) is 5.57. The van der Waals surface area contributed by atoms with Gasteiger partial charge >= 0.3 is 5.97 Å². The Morgan fingerprint density at radius 1 is 1.14 bits per heavy atom. The second kappa shape index (κ2) is 8.39. The molecule has 4 heteroatoms. The van der Waals surface area contributed by atoms with Gasteiger partial charge in [0.05, 0.1) is 6.61 Å². The van der Waals surface area contributed by atoms with Crippen LogP contribution in [-0.4, -0.2) is 12.6 Å². The molecule has 114 valence electrons. The number of rotatable bonds is 6. The quantitative estimate of drug-likeness (QED) is 0.622. The van der Waals surface area contributed by atoms with Crippen LogP contribution in [0.4, 0.5) is 0 Å². The van der Waals surface area contributed by atoms with Crippen molar-refractivity contribution in [2.75, 3.05) is 6.61 Å². The van der Waals surface area contributed by atoms with E-state index in [0.29, 0.717) is 13.2 Å². The largest absolute Gasteiger partial charge is 0.463 e. The number of carbonyl (C=O) groups excluding carboxylic acids is 1. The molecule has 0 radical (unpaired) electrons. The fourth-order valence-electron chi connectivity index (χ4n) is 1.96. The van der Waals surface area contributed by atoms with Crippen LogP contribution < -0.4 is 5.32 Å². The number of nitrogens with one attached hydrogen (secondary N) is 1. The molecule has 0 unspecified atom stereocenters. The number of benzene rings is 2. The molecule has 2 aromatic carbocycles. The van der Waals surface area contributed by atoms with E-state index < -0.39 is 0 Å². The summed E-state index contributed by atoms with van der Waals surface area (Å²) < 4.78 is 6.00. The zero-order valence-electron chi connectivity index (χ0n) is 12.4. The molecule has 0 saturated carbocycles. The van der Waals surface area contributed by atoms with Crippen molar-refractivity contribution < 1.29 is 9.53 Å². The Balaban J connectivity index is 2.17. The summed E-state index contributed by atoms with van der Waals surface area (Å²) in [6.07, 6.45) is 1.50.